The van der Waals surface area contributed by atoms with Gasteiger partial charge < -0.3 is 14.4 Å². The average molecular weight is 710 g/mol. The Morgan fingerprint density at radius 3 is 2.29 bits per heavy atom. The fourth-order valence-electron chi connectivity index (χ4n) is 4.59. The Morgan fingerprint density at radius 2 is 1.54 bits per heavy atom. The number of pyridine rings is 3. The van der Waals surface area contributed by atoms with Crippen LogP contribution in [0.4, 0.5) is 0 Å². The summed E-state index contributed by atoms with van der Waals surface area (Å²) in [5, 5.41) is 2.06. The molecule has 0 aliphatic heterocycles. The molecule has 5 heteroatoms. The van der Waals surface area contributed by atoms with Gasteiger partial charge in [0.25, 0.3) is 0 Å². The first-order chi connectivity index (χ1) is 19.7. The van der Waals surface area contributed by atoms with Crippen LogP contribution in [0.15, 0.2) is 120 Å². The monoisotopic (exact) mass is 710 g/mol. The zero-order valence-corrected chi connectivity index (χ0v) is 25.2. The van der Waals surface area contributed by atoms with Gasteiger partial charge in [-0.2, -0.15) is 0 Å². The molecular formula is C36H27IrN3O-2. The van der Waals surface area contributed by atoms with Crippen LogP contribution in [0, 0.1) is 26.0 Å². The van der Waals surface area contributed by atoms with Crippen molar-refractivity contribution in [3.05, 3.63) is 150 Å². The zero-order chi connectivity index (χ0) is 27.3. The molecule has 0 saturated heterocycles. The molecule has 7 rings (SSSR count). The average Bonchev–Trinajstić information content (AvgIpc) is 3.38. The molecule has 0 bridgehead atoms. The molecule has 0 unspecified atom stereocenters. The SMILES string of the molecule is Cc1cnc(-c2[c-]ccc3c2oc2nc(Cc4ccccc4)ccc23)cc1C.[Ir].[c-]1ccccc1-c1ccccn1. The van der Waals surface area contributed by atoms with Crippen molar-refractivity contribution in [3.8, 4) is 22.5 Å². The van der Waals surface area contributed by atoms with E-state index in [1.807, 2.05) is 79.0 Å². The van der Waals surface area contributed by atoms with Gasteiger partial charge in [0.15, 0.2) is 0 Å². The third kappa shape index (κ3) is 6.33. The Bertz CT molecular complexity index is 1850. The maximum Gasteiger partial charge on any atom is 0.216 e. The molecule has 0 fully saturated rings. The molecule has 4 nitrogen and oxygen atoms in total. The smallest absolute Gasteiger partial charge is 0.216 e. The van der Waals surface area contributed by atoms with Gasteiger partial charge in [-0.1, -0.05) is 65.0 Å². The van der Waals surface area contributed by atoms with E-state index in [0.717, 1.165) is 51.0 Å². The van der Waals surface area contributed by atoms with Crippen LogP contribution in [0.3, 0.4) is 0 Å². The third-order valence-corrected chi connectivity index (χ3v) is 6.86. The fraction of sp³-hybridized carbons (Fsp3) is 0.0833. The first kappa shape index (κ1) is 28.1. The van der Waals surface area contributed by atoms with Crippen molar-refractivity contribution in [1.82, 2.24) is 15.0 Å². The number of nitrogens with zero attached hydrogens (tertiary/aromatic N) is 3. The van der Waals surface area contributed by atoms with E-state index < -0.39 is 0 Å². The Labute approximate surface area is 253 Å². The number of rotatable bonds is 4. The Kier molecular flexibility index (Phi) is 8.79. The van der Waals surface area contributed by atoms with Crippen LogP contribution in [0.2, 0.25) is 0 Å². The van der Waals surface area contributed by atoms with Crippen molar-refractivity contribution in [2.45, 2.75) is 20.3 Å². The van der Waals surface area contributed by atoms with E-state index in [2.05, 4.69) is 66.3 Å². The second-order valence-electron chi connectivity index (χ2n) is 9.66. The summed E-state index contributed by atoms with van der Waals surface area (Å²) in [7, 11) is 0. The molecule has 3 aromatic carbocycles. The second kappa shape index (κ2) is 12.8. The molecule has 41 heavy (non-hydrogen) atoms. The molecule has 0 spiro atoms. The topological polar surface area (TPSA) is 51.8 Å². The number of hydrogen-bond acceptors (Lipinski definition) is 4. The number of fused-ring (bicyclic) bond motifs is 3. The number of aryl methyl sites for hydroxylation is 2. The number of furan rings is 1. The first-order valence-electron chi connectivity index (χ1n) is 13.2. The summed E-state index contributed by atoms with van der Waals surface area (Å²) in [6.45, 7) is 4.16. The normalized spacial score (nSPS) is 10.6. The van der Waals surface area contributed by atoms with Gasteiger partial charge in [-0.25, -0.2) is 4.98 Å². The molecule has 1 radical (unpaired) electrons. The summed E-state index contributed by atoms with van der Waals surface area (Å²) < 4.78 is 6.20. The van der Waals surface area contributed by atoms with E-state index in [4.69, 9.17) is 9.40 Å². The van der Waals surface area contributed by atoms with Gasteiger partial charge in [0.2, 0.25) is 5.71 Å². The molecule has 4 aromatic heterocycles. The molecule has 7 aromatic rings. The van der Waals surface area contributed by atoms with Gasteiger partial charge in [-0.3, -0.25) is 0 Å². The minimum absolute atomic E-state index is 0. The second-order valence-corrected chi connectivity index (χ2v) is 9.66. The van der Waals surface area contributed by atoms with Gasteiger partial charge in [0.05, 0.1) is 5.58 Å². The zero-order valence-electron chi connectivity index (χ0n) is 22.8. The van der Waals surface area contributed by atoms with E-state index >= 15 is 0 Å². The van der Waals surface area contributed by atoms with Gasteiger partial charge in [0, 0.05) is 50.0 Å². The first-order valence-corrected chi connectivity index (χ1v) is 13.2. The van der Waals surface area contributed by atoms with E-state index in [1.165, 1.54) is 16.7 Å². The largest absolute Gasteiger partial charge is 0.486 e. The van der Waals surface area contributed by atoms with Crippen LogP contribution in [0.1, 0.15) is 22.4 Å². The van der Waals surface area contributed by atoms with Crippen LogP contribution >= 0.6 is 0 Å². The molecule has 0 aliphatic carbocycles. The van der Waals surface area contributed by atoms with Crippen LogP contribution in [-0.4, -0.2) is 15.0 Å². The number of aromatic nitrogens is 3. The summed E-state index contributed by atoms with van der Waals surface area (Å²) in [6, 6.07) is 40.7. The van der Waals surface area contributed by atoms with E-state index in [9.17, 15) is 0 Å². The summed E-state index contributed by atoms with van der Waals surface area (Å²) in [6.07, 6.45) is 4.47. The third-order valence-electron chi connectivity index (χ3n) is 6.86. The van der Waals surface area contributed by atoms with E-state index in [1.54, 1.807) is 6.20 Å². The van der Waals surface area contributed by atoms with Gasteiger partial charge >= 0.3 is 0 Å². The Balaban J connectivity index is 0.000000218. The summed E-state index contributed by atoms with van der Waals surface area (Å²) in [4.78, 5) is 13.6. The predicted molar refractivity (Wildman–Crippen MR) is 161 cm³/mol. The van der Waals surface area contributed by atoms with Crippen LogP contribution in [-0.2, 0) is 26.5 Å². The molecule has 0 aliphatic rings. The Hall–Kier alpha value is -4.44. The molecule has 0 saturated carbocycles. The van der Waals surface area contributed by atoms with Crippen LogP contribution in [0.5, 0.6) is 0 Å². The maximum atomic E-state index is 6.20. The van der Waals surface area contributed by atoms with Gasteiger partial charge in [-0.05, 0) is 54.6 Å². The summed E-state index contributed by atoms with van der Waals surface area (Å²) in [5.41, 5.74) is 9.82. The van der Waals surface area contributed by atoms with E-state index in [0.29, 0.717) is 5.71 Å². The quantitative estimate of drug-likeness (QED) is 0.172. The number of hydrogen-bond donors (Lipinski definition) is 0. The molecule has 4 heterocycles. The van der Waals surface area contributed by atoms with Crippen LogP contribution < -0.4 is 0 Å². The van der Waals surface area contributed by atoms with Crippen molar-refractivity contribution < 1.29 is 24.5 Å². The van der Waals surface area contributed by atoms with E-state index in [-0.39, 0.29) is 20.1 Å². The number of benzene rings is 3. The molecule has 0 amide bonds. The summed E-state index contributed by atoms with van der Waals surface area (Å²) >= 11 is 0. The van der Waals surface area contributed by atoms with Crippen LogP contribution in [0.25, 0.3) is 44.6 Å². The minimum atomic E-state index is 0. The van der Waals surface area contributed by atoms with Crippen molar-refractivity contribution in [2.75, 3.05) is 0 Å². The maximum absolute atomic E-state index is 6.20. The van der Waals surface area contributed by atoms with Gasteiger partial charge in [0.1, 0.15) is 0 Å². The van der Waals surface area contributed by atoms with Crippen molar-refractivity contribution in [3.63, 3.8) is 0 Å². The standard InChI is InChI=1S/C25H19N2O.C11H8N.Ir/c1-16-13-23(26-15-17(16)2)22-10-6-9-20-21-12-11-19(27-25(21)28-24(20)22)14-18-7-4-3-5-8-18;1-2-6-10(7-3-1)11-8-4-5-9-12-11;/h3-9,11-13,15H,14H2,1-2H3;1-6,8-9H;/q2*-1;. The molecule has 0 atom stereocenters. The molecule has 0 N–H and O–H groups in total. The minimum Gasteiger partial charge on any atom is -0.486 e. The summed E-state index contributed by atoms with van der Waals surface area (Å²) in [5.74, 6) is 0. The predicted octanol–water partition coefficient (Wildman–Crippen LogP) is 8.60. The fourth-order valence-corrected chi connectivity index (χ4v) is 4.59. The van der Waals surface area contributed by atoms with Crippen molar-refractivity contribution in [2.24, 2.45) is 0 Å². The molecular weight excluding hydrogens is 683 g/mol. The van der Waals surface area contributed by atoms with Gasteiger partial charge in [-0.15, -0.1) is 54.1 Å². The van der Waals surface area contributed by atoms with Crippen molar-refractivity contribution in [1.29, 1.82) is 0 Å². The van der Waals surface area contributed by atoms with Crippen molar-refractivity contribution >= 4 is 22.1 Å². The Morgan fingerprint density at radius 1 is 0.707 bits per heavy atom. The molecule has 203 valence electrons.